The van der Waals surface area contributed by atoms with E-state index in [2.05, 4.69) is 5.32 Å². The van der Waals surface area contributed by atoms with Crippen molar-refractivity contribution >= 4 is 5.97 Å². The van der Waals surface area contributed by atoms with Gasteiger partial charge in [0.2, 0.25) is 0 Å². The van der Waals surface area contributed by atoms with E-state index in [0.29, 0.717) is 19.6 Å². The second-order valence-electron chi connectivity index (χ2n) is 3.61. The zero-order valence-corrected chi connectivity index (χ0v) is 8.66. The summed E-state index contributed by atoms with van der Waals surface area (Å²) in [5.74, 6) is -0.174. The molecule has 2 atom stereocenters. The first-order valence-electron chi connectivity index (χ1n) is 5.31. The summed E-state index contributed by atoms with van der Waals surface area (Å²) in [4.78, 5) is 11.0. The van der Waals surface area contributed by atoms with Gasteiger partial charge in [0.15, 0.2) is 0 Å². The third-order valence-corrected chi connectivity index (χ3v) is 2.52. The molecular weight excluding hydrogens is 182 g/mol. The van der Waals surface area contributed by atoms with Crippen molar-refractivity contribution in [2.45, 2.75) is 44.8 Å². The maximum atomic E-state index is 11.0. The van der Waals surface area contributed by atoms with E-state index >= 15 is 0 Å². The molecule has 1 aliphatic carbocycles. The number of aliphatic hydroxyl groups is 1. The molecule has 0 amide bonds. The minimum Gasteiger partial charge on any atom is -0.466 e. The first-order valence-corrected chi connectivity index (χ1v) is 5.31. The summed E-state index contributed by atoms with van der Waals surface area (Å²) in [6.45, 7) is 2.83. The van der Waals surface area contributed by atoms with Crippen molar-refractivity contribution in [3.05, 3.63) is 0 Å². The molecule has 2 N–H and O–H groups in total. The first kappa shape index (κ1) is 11.5. The molecule has 0 spiro atoms. The third-order valence-electron chi connectivity index (χ3n) is 2.52. The maximum absolute atomic E-state index is 11.0. The van der Waals surface area contributed by atoms with Crippen LogP contribution in [0.1, 0.15) is 32.6 Å². The van der Waals surface area contributed by atoms with Crippen molar-refractivity contribution in [1.29, 1.82) is 0 Å². The summed E-state index contributed by atoms with van der Waals surface area (Å²) in [7, 11) is 0. The lowest BCUT2D eigenvalue weighted by atomic mass is 10.2. The van der Waals surface area contributed by atoms with Crippen molar-refractivity contribution in [1.82, 2.24) is 5.32 Å². The topological polar surface area (TPSA) is 58.6 Å². The molecule has 1 rings (SSSR count). The predicted molar refractivity (Wildman–Crippen MR) is 52.9 cm³/mol. The number of carbonyl (C=O) groups is 1. The molecule has 0 radical (unpaired) electrons. The number of hydrogen-bond acceptors (Lipinski definition) is 4. The Morgan fingerprint density at radius 2 is 2.36 bits per heavy atom. The molecule has 0 bridgehead atoms. The average molecular weight is 201 g/mol. The van der Waals surface area contributed by atoms with Gasteiger partial charge in [-0.3, -0.25) is 4.79 Å². The largest absolute Gasteiger partial charge is 0.466 e. The summed E-state index contributed by atoms with van der Waals surface area (Å²) in [5.41, 5.74) is 0. The maximum Gasteiger partial charge on any atom is 0.307 e. The third kappa shape index (κ3) is 3.64. The highest BCUT2D eigenvalue weighted by Crippen LogP contribution is 2.18. The van der Waals surface area contributed by atoms with E-state index in [1.807, 2.05) is 0 Å². The fourth-order valence-corrected chi connectivity index (χ4v) is 1.77. The Kier molecular flexibility index (Phi) is 4.90. The van der Waals surface area contributed by atoms with Crippen LogP contribution < -0.4 is 5.32 Å². The van der Waals surface area contributed by atoms with E-state index in [1.54, 1.807) is 6.92 Å². The van der Waals surface area contributed by atoms with Crippen LogP contribution >= 0.6 is 0 Å². The van der Waals surface area contributed by atoms with Crippen molar-refractivity contribution in [3.8, 4) is 0 Å². The molecule has 0 aromatic heterocycles. The minimum absolute atomic E-state index is 0.171. The highest BCUT2D eigenvalue weighted by molar-refractivity contribution is 5.69. The minimum atomic E-state index is -0.239. The molecule has 1 aliphatic rings. The van der Waals surface area contributed by atoms with Gasteiger partial charge in [0.1, 0.15) is 0 Å². The zero-order chi connectivity index (χ0) is 10.4. The van der Waals surface area contributed by atoms with E-state index in [1.165, 1.54) is 0 Å². The van der Waals surface area contributed by atoms with Crippen LogP contribution in [0.5, 0.6) is 0 Å². The van der Waals surface area contributed by atoms with Gasteiger partial charge in [-0.2, -0.15) is 0 Å². The van der Waals surface area contributed by atoms with Gasteiger partial charge >= 0.3 is 5.97 Å². The quantitative estimate of drug-likeness (QED) is 0.634. The van der Waals surface area contributed by atoms with Gasteiger partial charge in [0, 0.05) is 12.6 Å². The van der Waals surface area contributed by atoms with Crippen LogP contribution in [0.3, 0.4) is 0 Å². The average Bonchev–Trinajstić information content (AvgIpc) is 2.52. The molecule has 82 valence electrons. The van der Waals surface area contributed by atoms with Gasteiger partial charge in [0.25, 0.3) is 0 Å². The van der Waals surface area contributed by atoms with Gasteiger partial charge < -0.3 is 15.2 Å². The summed E-state index contributed by atoms with van der Waals surface area (Å²) < 4.78 is 4.79. The van der Waals surface area contributed by atoms with Crippen molar-refractivity contribution < 1.29 is 14.6 Å². The number of esters is 1. The molecule has 0 unspecified atom stereocenters. The van der Waals surface area contributed by atoms with Crippen LogP contribution in [0.4, 0.5) is 0 Å². The molecule has 0 aliphatic heterocycles. The van der Waals surface area contributed by atoms with E-state index < -0.39 is 0 Å². The van der Waals surface area contributed by atoms with Crippen molar-refractivity contribution in [2.75, 3.05) is 13.2 Å². The smallest absolute Gasteiger partial charge is 0.307 e. The highest BCUT2D eigenvalue weighted by atomic mass is 16.5. The number of rotatable bonds is 5. The fraction of sp³-hybridized carbons (Fsp3) is 0.900. The normalized spacial score (nSPS) is 26.4. The molecule has 14 heavy (non-hydrogen) atoms. The molecule has 0 saturated heterocycles. The summed E-state index contributed by atoms with van der Waals surface area (Å²) >= 11 is 0. The molecule has 0 heterocycles. The van der Waals surface area contributed by atoms with E-state index in [0.717, 1.165) is 19.3 Å². The summed E-state index contributed by atoms with van der Waals surface area (Å²) in [6, 6.07) is 0.171. The molecule has 4 heteroatoms. The van der Waals surface area contributed by atoms with Gasteiger partial charge in [-0.15, -0.1) is 0 Å². The predicted octanol–water partition coefficient (Wildman–Crippen LogP) is 0.443. The number of carbonyl (C=O) groups excluding carboxylic acids is 1. The van der Waals surface area contributed by atoms with Gasteiger partial charge in [0.05, 0.1) is 19.1 Å². The Labute approximate surface area is 84.6 Å². The second-order valence-corrected chi connectivity index (χ2v) is 3.61. The lowest BCUT2D eigenvalue weighted by Gasteiger charge is -2.15. The van der Waals surface area contributed by atoms with Crippen LogP contribution in [0, 0.1) is 0 Å². The van der Waals surface area contributed by atoms with Crippen molar-refractivity contribution in [3.63, 3.8) is 0 Å². The Hall–Kier alpha value is -0.610. The molecule has 1 fully saturated rings. The lowest BCUT2D eigenvalue weighted by Crippen LogP contribution is -2.36. The highest BCUT2D eigenvalue weighted by Gasteiger charge is 2.24. The van der Waals surface area contributed by atoms with Crippen LogP contribution in [0.15, 0.2) is 0 Å². The number of ether oxygens (including phenoxy) is 1. The second kappa shape index (κ2) is 5.98. The monoisotopic (exact) mass is 201 g/mol. The molecule has 4 nitrogen and oxygen atoms in total. The number of hydrogen-bond donors (Lipinski definition) is 2. The Balaban J connectivity index is 2.06. The van der Waals surface area contributed by atoms with Crippen LogP contribution in [-0.2, 0) is 9.53 Å². The van der Waals surface area contributed by atoms with Gasteiger partial charge in [-0.25, -0.2) is 0 Å². The number of aliphatic hydroxyl groups excluding tert-OH is 1. The van der Waals surface area contributed by atoms with E-state index in [4.69, 9.17) is 4.74 Å². The SMILES string of the molecule is CCOC(=O)CCN[C@@H]1CCC[C@H]1O. The van der Waals surface area contributed by atoms with Gasteiger partial charge in [-0.1, -0.05) is 0 Å². The number of nitrogens with one attached hydrogen (secondary N) is 1. The molecule has 1 saturated carbocycles. The van der Waals surface area contributed by atoms with Crippen molar-refractivity contribution in [2.24, 2.45) is 0 Å². The fourth-order valence-electron chi connectivity index (χ4n) is 1.77. The summed E-state index contributed by atoms with van der Waals surface area (Å²) in [5, 5.41) is 12.6. The Morgan fingerprint density at radius 3 is 2.93 bits per heavy atom. The first-order chi connectivity index (χ1) is 6.74. The van der Waals surface area contributed by atoms with E-state index in [-0.39, 0.29) is 18.1 Å². The van der Waals surface area contributed by atoms with Crippen LogP contribution in [0.25, 0.3) is 0 Å². The van der Waals surface area contributed by atoms with E-state index in [9.17, 15) is 9.90 Å². The summed E-state index contributed by atoms with van der Waals surface area (Å²) in [6.07, 6.45) is 3.09. The zero-order valence-electron chi connectivity index (χ0n) is 8.66. The van der Waals surface area contributed by atoms with Gasteiger partial charge in [-0.05, 0) is 26.2 Å². The Morgan fingerprint density at radius 1 is 1.57 bits per heavy atom. The molecule has 0 aromatic carbocycles. The van der Waals surface area contributed by atoms with Crippen LogP contribution in [0.2, 0.25) is 0 Å². The van der Waals surface area contributed by atoms with Crippen LogP contribution in [-0.4, -0.2) is 36.4 Å². The molecule has 0 aromatic rings. The lowest BCUT2D eigenvalue weighted by molar-refractivity contribution is -0.143. The standard InChI is InChI=1S/C10H19NO3/c1-2-14-10(13)6-7-11-8-4-3-5-9(8)12/h8-9,11-12H,2-7H2,1H3/t8-,9-/m1/s1. The molecular formula is C10H19NO3. The Bertz CT molecular complexity index is 184.